The Bertz CT molecular complexity index is 457. The van der Waals surface area contributed by atoms with Crippen LogP contribution in [0.3, 0.4) is 0 Å². The number of nitrogens with two attached hydrogens (primary N) is 1. The molecule has 1 aromatic heterocycles. The van der Waals surface area contributed by atoms with E-state index >= 15 is 0 Å². The van der Waals surface area contributed by atoms with Crippen LogP contribution in [-0.2, 0) is 6.42 Å². The Balaban J connectivity index is 2.41. The van der Waals surface area contributed by atoms with Crippen molar-refractivity contribution in [1.82, 2.24) is 4.98 Å². The highest BCUT2D eigenvalue weighted by Crippen LogP contribution is 2.28. The van der Waals surface area contributed by atoms with Crippen molar-refractivity contribution in [3.63, 3.8) is 0 Å². The van der Waals surface area contributed by atoms with Crippen LogP contribution in [0.1, 0.15) is 17.5 Å². The van der Waals surface area contributed by atoms with Crippen LogP contribution < -0.4 is 5.73 Å². The van der Waals surface area contributed by atoms with E-state index in [2.05, 4.69) is 18.8 Å². The second-order valence-corrected chi connectivity index (χ2v) is 4.59. The van der Waals surface area contributed by atoms with Crippen molar-refractivity contribution < 1.29 is 0 Å². The van der Waals surface area contributed by atoms with E-state index < -0.39 is 0 Å². The Morgan fingerprint density at radius 2 is 1.93 bits per heavy atom. The number of thiazole rings is 1. The number of aromatic nitrogens is 1. The number of nitrogen functional groups attached to an aromatic ring is 1. The summed E-state index contributed by atoms with van der Waals surface area (Å²) in [6.07, 6.45) is 1.05. The molecule has 0 unspecified atom stereocenters. The SMILES string of the molecule is CCc1sc(-c2ccc(N)cc2)nc1C. The summed E-state index contributed by atoms with van der Waals surface area (Å²) in [5, 5.41) is 1.09. The lowest BCUT2D eigenvalue weighted by molar-refractivity contribution is 1.11. The summed E-state index contributed by atoms with van der Waals surface area (Å²) in [5.74, 6) is 0. The van der Waals surface area contributed by atoms with E-state index in [-0.39, 0.29) is 0 Å². The second kappa shape index (κ2) is 4.03. The lowest BCUT2D eigenvalue weighted by Gasteiger charge is -1.96. The second-order valence-electron chi connectivity index (χ2n) is 3.50. The average molecular weight is 218 g/mol. The summed E-state index contributed by atoms with van der Waals surface area (Å²) in [6, 6.07) is 7.87. The minimum Gasteiger partial charge on any atom is -0.399 e. The molecule has 0 spiro atoms. The van der Waals surface area contributed by atoms with E-state index in [1.807, 2.05) is 24.3 Å². The average Bonchev–Trinajstić information content (AvgIpc) is 2.61. The van der Waals surface area contributed by atoms with Crippen molar-refractivity contribution >= 4 is 17.0 Å². The van der Waals surface area contributed by atoms with Gasteiger partial charge in [0.25, 0.3) is 0 Å². The maximum atomic E-state index is 5.65. The Kier molecular flexibility index (Phi) is 2.73. The molecule has 0 amide bonds. The molecule has 3 heteroatoms. The minimum atomic E-state index is 0.794. The largest absolute Gasteiger partial charge is 0.399 e. The van der Waals surface area contributed by atoms with Gasteiger partial charge in [-0.05, 0) is 37.6 Å². The summed E-state index contributed by atoms with van der Waals surface area (Å²) in [6.45, 7) is 4.23. The number of nitrogens with zero attached hydrogens (tertiary/aromatic N) is 1. The van der Waals surface area contributed by atoms with E-state index in [9.17, 15) is 0 Å². The van der Waals surface area contributed by atoms with Gasteiger partial charge in [-0.2, -0.15) is 0 Å². The topological polar surface area (TPSA) is 38.9 Å². The maximum absolute atomic E-state index is 5.65. The third-order valence-electron chi connectivity index (χ3n) is 2.37. The summed E-state index contributed by atoms with van der Waals surface area (Å²) >= 11 is 1.77. The van der Waals surface area contributed by atoms with Crippen LogP contribution in [0.25, 0.3) is 10.6 Å². The first-order valence-electron chi connectivity index (χ1n) is 5.03. The summed E-state index contributed by atoms with van der Waals surface area (Å²) in [4.78, 5) is 5.92. The van der Waals surface area contributed by atoms with E-state index in [1.54, 1.807) is 11.3 Å². The van der Waals surface area contributed by atoms with Gasteiger partial charge in [-0.25, -0.2) is 4.98 Å². The predicted octanol–water partition coefficient (Wildman–Crippen LogP) is 3.26. The van der Waals surface area contributed by atoms with Gasteiger partial charge in [-0.15, -0.1) is 11.3 Å². The fourth-order valence-electron chi connectivity index (χ4n) is 1.51. The molecule has 0 atom stereocenters. The van der Waals surface area contributed by atoms with Crippen LogP contribution in [0.5, 0.6) is 0 Å². The van der Waals surface area contributed by atoms with E-state index in [0.717, 1.165) is 28.4 Å². The normalized spacial score (nSPS) is 10.5. The number of hydrogen-bond donors (Lipinski definition) is 1. The van der Waals surface area contributed by atoms with Gasteiger partial charge in [0.1, 0.15) is 5.01 Å². The molecular formula is C12H14N2S. The van der Waals surface area contributed by atoms with Crippen LogP contribution in [-0.4, -0.2) is 4.98 Å². The van der Waals surface area contributed by atoms with Crippen LogP contribution >= 0.6 is 11.3 Å². The highest BCUT2D eigenvalue weighted by Gasteiger charge is 2.07. The Morgan fingerprint density at radius 3 is 2.47 bits per heavy atom. The summed E-state index contributed by atoms with van der Waals surface area (Å²) in [5.41, 5.74) is 8.74. The molecule has 0 saturated carbocycles. The standard InChI is InChI=1S/C12H14N2S/c1-3-11-8(2)14-12(15-11)9-4-6-10(13)7-5-9/h4-7H,3,13H2,1-2H3. The molecule has 0 aliphatic rings. The smallest absolute Gasteiger partial charge is 0.123 e. The van der Waals surface area contributed by atoms with E-state index in [0.29, 0.717) is 0 Å². The van der Waals surface area contributed by atoms with Gasteiger partial charge in [0.05, 0.1) is 5.69 Å². The molecule has 0 saturated heterocycles. The molecule has 2 nitrogen and oxygen atoms in total. The van der Waals surface area contributed by atoms with E-state index in [1.165, 1.54) is 4.88 Å². The molecule has 1 aromatic carbocycles. The number of benzene rings is 1. The van der Waals surface area contributed by atoms with Gasteiger partial charge in [0, 0.05) is 16.1 Å². The van der Waals surface area contributed by atoms with Gasteiger partial charge >= 0.3 is 0 Å². The monoisotopic (exact) mass is 218 g/mol. The number of rotatable bonds is 2. The van der Waals surface area contributed by atoms with Crippen molar-refractivity contribution in [3.05, 3.63) is 34.8 Å². The lowest BCUT2D eigenvalue weighted by Crippen LogP contribution is -1.83. The Morgan fingerprint density at radius 1 is 1.27 bits per heavy atom. The van der Waals surface area contributed by atoms with Gasteiger partial charge in [-0.3, -0.25) is 0 Å². The molecule has 0 fully saturated rings. The van der Waals surface area contributed by atoms with Crippen LogP contribution in [0, 0.1) is 6.92 Å². The molecule has 0 bridgehead atoms. The molecule has 2 N–H and O–H groups in total. The fraction of sp³-hybridized carbons (Fsp3) is 0.250. The van der Waals surface area contributed by atoms with Crippen LogP contribution in [0.2, 0.25) is 0 Å². The molecule has 78 valence electrons. The fourth-order valence-corrected chi connectivity index (χ4v) is 2.51. The first-order valence-corrected chi connectivity index (χ1v) is 5.84. The summed E-state index contributed by atoms with van der Waals surface area (Å²) < 4.78 is 0. The number of anilines is 1. The van der Waals surface area contributed by atoms with Gasteiger partial charge < -0.3 is 5.73 Å². The third kappa shape index (κ3) is 2.02. The molecule has 0 radical (unpaired) electrons. The highest BCUT2D eigenvalue weighted by molar-refractivity contribution is 7.15. The number of aryl methyl sites for hydroxylation is 2. The van der Waals surface area contributed by atoms with Gasteiger partial charge in [0.2, 0.25) is 0 Å². The van der Waals surface area contributed by atoms with Gasteiger partial charge in [-0.1, -0.05) is 6.92 Å². The van der Waals surface area contributed by atoms with Crippen molar-refractivity contribution in [2.75, 3.05) is 5.73 Å². The highest BCUT2D eigenvalue weighted by atomic mass is 32.1. The maximum Gasteiger partial charge on any atom is 0.123 e. The third-order valence-corrected chi connectivity index (χ3v) is 3.72. The number of hydrogen-bond acceptors (Lipinski definition) is 3. The molecule has 0 aliphatic heterocycles. The van der Waals surface area contributed by atoms with E-state index in [4.69, 9.17) is 5.73 Å². The first-order chi connectivity index (χ1) is 7.20. The van der Waals surface area contributed by atoms with Crippen molar-refractivity contribution in [1.29, 1.82) is 0 Å². The zero-order chi connectivity index (χ0) is 10.8. The Labute approximate surface area is 93.8 Å². The molecule has 15 heavy (non-hydrogen) atoms. The lowest BCUT2D eigenvalue weighted by atomic mass is 10.2. The molecule has 2 aromatic rings. The predicted molar refractivity (Wildman–Crippen MR) is 66.1 cm³/mol. The van der Waals surface area contributed by atoms with Crippen LogP contribution in [0.15, 0.2) is 24.3 Å². The minimum absolute atomic E-state index is 0.794. The Hall–Kier alpha value is -1.35. The van der Waals surface area contributed by atoms with Crippen LogP contribution in [0.4, 0.5) is 5.69 Å². The first kappa shape index (κ1) is 10.2. The quantitative estimate of drug-likeness (QED) is 0.786. The molecular weight excluding hydrogens is 204 g/mol. The molecule has 1 heterocycles. The zero-order valence-electron chi connectivity index (χ0n) is 8.95. The van der Waals surface area contributed by atoms with Gasteiger partial charge in [0.15, 0.2) is 0 Å². The zero-order valence-corrected chi connectivity index (χ0v) is 9.77. The molecule has 0 aliphatic carbocycles. The summed E-state index contributed by atoms with van der Waals surface area (Å²) in [7, 11) is 0. The molecule has 2 rings (SSSR count). The van der Waals surface area contributed by atoms with Crippen molar-refractivity contribution in [2.24, 2.45) is 0 Å². The van der Waals surface area contributed by atoms with Crippen molar-refractivity contribution in [3.8, 4) is 10.6 Å². The van der Waals surface area contributed by atoms with Crippen molar-refractivity contribution in [2.45, 2.75) is 20.3 Å².